The first-order chi connectivity index (χ1) is 23.4. The summed E-state index contributed by atoms with van der Waals surface area (Å²) in [6.45, 7) is 16.4. The number of nitrogens with one attached hydrogen (secondary N) is 3. The molecule has 1 saturated heterocycles. The highest BCUT2D eigenvalue weighted by Gasteiger charge is 2.46. The van der Waals surface area contributed by atoms with Crippen LogP contribution in [0.3, 0.4) is 0 Å². The second kappa shape index (κ2) is 14.6. The van der Waals surface area contributed by atoms with E-state index in [-0.39, 0.29) is 37.2 Å². The van der Waals surface area contributed by atoms with Gasteiger partial charge < -0.3 is 20.1 Å². The lowest BCUT2D eigenvalue weighted by molar-refractivity contribution is -0.137. The number of aromatic nitrogens is 1. The fourth-order valence-corrected chi connectivity index (χ4v) is 7.18. The Morgan fingerprint density at radius 1 is 1.08 bits per heavy atom. The molecule has 51 heavy (non-hydrogen) atoms. The van der Waals surface area contributed by atoms with Gasteiger partial charge in [-0.2, -0.15) is 13.2 Å². The van der Waals surface area contributed by atoms with E-state index < -0.39 is 79.7 Å². The van der Waals surface area contributed by atoms with Crippen LogP contribution in [0.1, 0.15) is 79.7 Å². The first-order valence-corrected chi connectivity index (χ1v) is 18.3. The van der Waals surface area contributed by atoms with E-state index in [9.17, 15) is 36.0 Å². The Morgan fingerprint density at radius 3 is 2.31 bits per heavy atom. The third kappa shape index (κ3) is 10.3. The second-order valence-electron chi connectivity index (χ2n) is 15.5. The SMILES string of the molecule is C=CC[C@](C)(NC(=O)[C@@H]1C[C@@H](Oc2ccnc3cc(C(F)(F)F)ccc23)CN1C[C@@H](NC(=O)OC(C)(C)C)C(C)(C)C)C(=O)NS(=O)(=O)C1CC1. The third-order valence-electron chi connectivity index (χ3n) is 8.80. The molecule has 0 unspecified atom stereocenters. The summed E-state index contributed by atoms with van der Waals surface area (Å²) in [5.41, 5.74) is -3.75. The summed E-state index contributed by atoms with van der Waals surface area (Å²) in [6.07, 6.45) is -2.24. The number of alkyl carbamates (subject to hydrolysis) is 1. The highest BCUT2D eigenvalue weighted by atomic mass is 32.2. The van der Waals surface area contributed by atoms with Gasteiger partial charge in [0.15, 0.2) is 0 Å². The molecule has 282 valence electrons. The summed E-state index contributed by atoms with van der Waals surface area (Å²) in [5.74, 6) is -1.23. The number of likely N-dealkylation sites (tertiary alicyclic amines) is 1. The summed E-state index contributed by atoms with van der Waals surface area (Å²) in [6, 6.07) is 3.22. The van der Waals surface area contributed by atoms with Crippen LogP contribution in [-0.2, 0) is 30.5 Å². The summed E-state index contributed by atoms with van der Waals surface area (Å²) in [7, 11) is -3.92. The molecule has 3 amide bonds. The van der Waals surface area contributed by atoms with Crippen LogP contribution in [0.2, 0.25) is 0 Å². The summed E-state index contributed by atoms with van der Waals surface area (Å²) in [4.78, 5) is 46.3. The highest BCUT2D eigenvalue weighted by molar-refractivity contribution is 7.91. The topological polar surface area (TPSA) is 156 Å². The molecule has 1 aromatic carbocycles. The molecule has 0 bridgehead atoms. The number of pyridine rings is 1. The van der Waals surface area contributed by atoms with E-state index in [0.717, 1.165) is 12.1 Å². The molecule has 16 heteroatoms. The molecule has 2 aromatic rings. The van der Waals surface area contributed by atoms with Crippen molar-refractivity contribution in [2.24, 2.45) is 5.41 Å². The van der Waals surface area contributed by atoms with Crippen molar-refractivity contribution in [1.82, 2.24) is 25.2 Å². The Balaban J connectivity index is 1.64. The number of rotatable bonds is 12. The van der Waals surface area contributed by atoms with Crippen molar-refractivity contribution in [1.29, 1.82) is 0 Å². The van der Waals surface area contributed by atoms with Crippen LogP contribution in [0.25, 0.3) is 10.9 Å². The van der Waals surface area contributed by atoms with Crippen molar-refractivity contribution in [2.75, 3.05) is 13.1 Å². The van der Waals surface area contributed by atoms with Crippen LogP contribution in [0.15, 0.2) is 43.1 Å². The van der Waals surface area contributed by atoms with Gasteiger partial charge in [0.05, 0.1) is 22.4 Å². The van der Waals surface area contributed by atoms with Crippen molar-refractivity contribution in [2.45, 2.75) is 115 Å². The average molecular weight is 740 g/mol. The second-order valence-corrected chi connectivity index (χ2v) is 17.5. The predicted molar refractivity (Wildman–Crippen MR) is 185 cm³/mol. The van der Waals surface area contributed by atoms with E-state index in [1.54, 1.807) is 25.7 Å². The monoisotopic (exact) mass is 739 g/mol. The van der Waals surface area contributed by atoms with Crippen LogP contribution in [0.5, 0.6) is 5.75 Å². The molecular weight excluding hydrogens is 691 g/mol. The predicted octanol–water partition coefficient (Wildman–Crippen LogP) is 5.07. The molecule has 3 N–H and O–H groups in total. The summed E-state index contributed by atoms with van der Waals surface area (Å²) >= 11 is 0. The number of hydrogen-bond donors (Lipinski definition) is 3. The zero-order valence-corrected chi connectivity index (χ0v) is 30.8. The van der Waals surface area contributed by atoms with E-state index in [0.29, 0.717) is 18.2 Å². The Kier molecular flexibility index (Phi) is 11.4. The Hall–Kier alpha value is -3.92. The lowest BCUT2D eigenvalue weighted by Crippen LogP contribution is -2.61. The first-order valence-electron chi connectivity index (χ1n) is 16.8. The molecule has 0 spiro atoms. The number of benzene rings is 1. The molecule has 4 rings (SSSR count). The van der Waals surface area contributed by atoms with Gasteiger partial charge in [0.25, 0.3) is 5.91 Å². The van der Waals surface area contributed by atoms with Crippen LogP contribution in [-0.4, -0.2) is 83.9 Å². The van der Waals surface area contributed by atoms with E-state index >= 15 is 0 Å². The average Bonchev–Trinajstić information content (AvgIpc) is 3.77. The van der Waals surface area contributed by atoms with Gasteiger partial charge in [0.2, 0.25) is 15.9 Å². The third-order valence-corrected chi connectivity index (χ3v) is 10.6. The zero-order valence-electron chi connectivity index (χ0n) is 30.0. The van der Waals surface area contributed by atoms with E-state index in [2.05, 4.69) is 26.9 Å². The van der Waals surface area contributed by atoms with Crippen LogP contribution < -0.4 is 20.1 Å². The fourth-order valence-electron chi connectivity index (χ4n) is 5.77. The van der Waals surface area contributed by atoms with E-state index in [4.69, 9.17) is 9.47 Å². The largest absolute Gasteiger partial charge is 0.488 e. The normalized spacial score (nSPS) is 20.6. The van der Waals surface area contributed by atoms with Gasteiger partial charge in [-0.05, 0) is 76.6 Å². The van der Waals surface area contributed by atoms with Gasteiger partial charge in [-0.3, -0.25) is 24.2 Å². The summed E-state index contributed by atoms with van der Waals surface area (Å²) in [5, 5.41) is 5.35. The van der Waals surface area contributed by atoms with Crippen molar-refractivity contribution in [3.8, 4) is 5.75 Å². The Morgan fingerprint density at radius 2 is 1.75 bits per heavy atom. The van der Waals surface area contributed by atoms with Crippen LogP contribution in [0, 0.1) is 5.41 Å². The summed E-state index contributed by atoms with van der Waals surface area (Å²) < 4.78 is 79.3. The zero-order chi connectivity index (χ0) is 38.2. The number of fused-ring (bicyclic) bond motifs is 1. The van der Waals surface area contributed by atoms with Crippen molar-refractivity contribution >= 4 is 38.8 Å². The molecule has 12 nitrogen and oxygen atoms in total. The van der Waals surface area contributed by atoms with Gasteiger partial charge in [0, 0.05) is 37.1 Å². The number of hydrogen-bond acceptors (Lipinski definition) is 9. The molecule has 2 aliphatic rings. The molecule has 4 atom stereocenters. The maximum Gasteiger partial charge on any atom is 0.416 e. The maximum atomic E-state index is 14.1. The van der Waals surface area contributed by atoms with Gasteiger partial charge >= 0.3 is 12.3 Å². The van der Waals surface area contributed by atoms with Gasteiger partial charge in [-0.25, -0.2) is 13.2 Å². The van der Waals surface area contributed by atoms with Crippen molar-refractivity contribution < 1.29 is 45.4 Å². The fraction of sp³-hybridized carbons (Fsp3) is 0.600. The smallest absolute Gasteiger partial charge is 0.416 e. The van der Waals surface area contributed by atoms with E-state index in [1.807, 2.05) is 20.8 Å². The van der Waals surface area contributed by atoms with Gasteiger partial charge in [-0.15, -0.1) is 6.58 Å². The Labute approximate surface area is 296 Å². The lowest BCUT2D eigenvalue weighted by atomic mass is 9.86. The minimum Gasteiger partial charge on any atom is -0.488 e. The maximum absolute atomic E-state index is 14.1. The molecular formula is C35H48F3N5O7S. The molecule has 0 radical (unpaired) electrons. The number of alkyl halides is 3. The van der Waals surface area contributed by atoms with Gasteiger partial charge in [-0.1, -0.05) is 26.8 Å². The molecule has 2 fully saturated rings. The number of halogens is 3. The van der Waals surface area contributed by atoms with Gasteiger partial charge in [0.1, 0.15) is 23.0 Å². The molecule has 1 aliphatic carbocycles. The van der Waals surface area contributed by atoms with E-state index in [1.165, 1.54) is 31.3 Å². The van der Waals surface area contributed by atoms with Crippen molar-refractivity contribution in [3.63, 3.8) is 0 Å². The van der Waals surface area contributed by atoms with Crippen LogP contribution in [0.4, 0.5) is 18.0 Å². The van der Waals surface area contributed by atoms with Crippen molar-refractivity contribution in [3.05, 3.63) is 48.7 Å². The van der Waals surface area contributed by atoms with Crippen LogP contribution >= 0.6 is 0 Å². The first kappa shape index (κ1) is 39.9. The highest BCUT2D eigenvalue weighted by Crippen LogP contribution is 2.35. The molecule has 2 heterocycles. The number of amides is 3. The Bertz CT molecular complexity index is 1750. The minimum atomic E-state index is -4.56. The standard InChI is InChI=1S/C35H48F3N5O7S/c1-9-15-34(8,30(45)42-51(47,48)23-11-12-23)41-29(44)26-18-22(19-43(26)20-28(32(2,3)4)40-31(46)50-33(5,6)7)49-27-14-16-39-25-17-21(35(36,37)38)10-13-24(25)27/h9-10,13-14,16-17,22-23,26,28H,1,11-12,15,18-20H2,2-8H3,(H,40,46)(H,41,44)(H,42,45)/t22-,26+,28-,34+/m1/s1. The lowest BCUT2D eigenvalue weighted by Gasteiger charge is -2.37. The molecule has 1 aromatic heterocycles. The quantitative estimate of drug-likeness (QED) is 0.253. The molecule has 1 saturated carbocycles. The molecule has 1 aliphatic heterocycles. The number of nitrogens with zero attached hydrogens (tertiary/aromatic N) is 2. The number of carbonyl (C=O) groups excluding carboxylic acids is 3. The number of ether oxygens (including phenoxy) is 2. The number of sulfonamides is 1. The number of carbonyl (C=O) groups is 3. The minimum absolute atomic E-state index is 0.0770.